The van der Waals surface area contributed by atoms with E-state index in [2.05, 4.69) is 29.6 Å². The molecule has 1 atom stereocenters. The van der Waals surface area contributed by atoms with Crippen LogP contribution in [-0.4, -0.2) is 28.8 Å². The van der Waals surface area contributed by atoms with Gasteiger partial charge in [-0.25, -0.2) is 0 Å². The van der Waals surface area contributed by atoms with E-state index in [1.54, 1.807) is 4.90 Å². The van der Waals surface area contributed by atoms with Gasteiger partial charge in [0.1, 0.15) is 6.04 Å². The van der Waals surface area contributed by atoms with E-state index in [1.165, 1.54) is 6.42 Å². The monoisotopic (exact) mass is 516 g/mol. The number of hydrogen-bond donors (Lipinski definition) is 1. The maximum absolute atomic E-state index is 14.1. The van der Waals surface area contributed by atoms with Gasteiger partial charge in [-0.15, -0.1) is 0 Å². The molecule has 0 unspecified atom stereocenters. The Kier molecular flexibility index (Phi) is 9.78. The van der Waals surface area contributed by atoms with Gasteiger partial charge in [0.25, 0.3) is 0 Å². The van der Waals surface area contributed by atoms with E-state index < -0.39 is 6.04 Å². The van der Waals surface area contributed by atoms with Crippen molar-refractivity contribution in [2.75, 3.05) is 0 Å². The summed E-state index contributed by atoms with van der Waals surface area (Å²) in [4.78, 5) is 29.4. The minimum Gasteiger partial charge on any atom is -0.352 e. The molecule has 1 fully saturated rings. The SMILES string of the molecule is CC[C@@H](C(=O)NC1CCCCC1)N(Cc1ccc(Cl)cc1)C(=O)CC(c1ccccc1)c1ccccc1. The second-order valence-electron chi connectivity index (χ2n) is 9.99. The molecular formula is C32H37ClN2O2. The zero-order valence-electron chi connectivity index (χ0n) is 21.6. The number of nitrogens with zero attached hydrogens (tertiary/aromatic N) is 1. The van der Waals surface area contributed by atoms with Gasteiger partial charge >= 0.3 is 0 Å². The molecule has 0 aliphatic heterocycles. The molecule has 194 valence electrons. The summed E-state index contributed by atoms with van der Waals surface area (Å²) in [5.74, 6) is -0.174. The van der Waals surface area contributed by atoms with Crippen LogP contribution in [0, 0.1) is 0 Å². The first-order valence-corrected chi connectivity index (χ1v) is 13.9. The first-order valence-electron chi connectivity index (χ1n) is 13.5. The maximum Gasteiger partial charge on any atom is 0.243 e. The van der Waals surface area contributed by atoms with Crippen molar-refractivity contribution in [3.05, 3.63) is 107 Å². The number of hydrogen-bond acceptors (Lipinski definition) is 2. The Morgan fingerprint density at radius 1 is 0.865 bits per heavy atom. The normalized spacial score (nSPS) is 14.8. The summed E-state index contributed by atoms with van der Waals surface area (Å²) >= 11 is 6.12. The molecule has 0 radical (unpaired) electrons. The Labute approximate surface area is 226 Å². The minimum absolute atomic E-state index is 0.0294. The van der Waals surface area contributed by atoms with Crippen molar-refractivity contribution >= 4 is 23.4 Å². The Morgan fingerprint density at radius 3 is 1.97 bits per heavy atom. The summed E-state index contributed by atoms with van der Waals surface area (Å²) in [6, 6.07) is 27.5. The van der Waals surface area contributed by atoms with E-state index in [0.29, 0.717) is 18.0 Å². The van der Waals surface area contributed by atoms with E-state index in [-0.39, 0.29) is 30.2 Å². The lowest BCUT2D eigenvalue weighted by Crippen LogP contribution is -2.51. The van der Waals surface area contributed by atoms with Crippen molar-refractivity contribution in [2.24, 2.45) is 0 Å². The highest BCUT2D eigenvalue weighted by Gasteiger charge is 2.32. The highest BCUT2D eigenvalue weighted by Crippen LogP contribution is 2.30. The lowest BCUT2D eigenvalue weighted by Gasteiger charge is -2.34. The van der Waals surface area contributed by atoms with Gasteiger partial charge in [0, 0.05) is 29.9 Å². The van der Waals surface area contributed by atoms with Crippen LogP contribution in [0.3, 0.4) is 0 Å². The largest absolute Gasteiger partial charge is 0.352 e. The topological polar surface area (TPSA) is 49.4 Å². The Hall–Kier alpha value is -3.11. The Balaban J connectivity index is 1.61. The molecule has 1 aliphatic carbocycles. The van der Waals surface area contributed by atoms with Crippen LogP contribution in [0.2, 0.25) is 5.02 Å². The fraction of sp³-hybridized carbons (Fsp3) is 0.375. The van der Waals surface area contributed by atoms with Crippen LogP contribution in [-0.2, 0) is 16.1 Å². The van der Waals surface area contributed by atoms with Crippen molar-refractivity contribution in [2.45, 2.75) is 76.4 Å². The van der Waals surface area contributed by atoms with Crippen molar-refractivity contribution in [1.29, 1.82) is 0 Å². The predicted molar refractivity (Wildman–Crippen MR) is 150 cm³/mol. The number of rotatable bonds is 10. The van der Waals surface area contributed by atoms with Gasteiger partial charge in [-0.05, 0) is 48.1 Å². The van der Waals surface area contributed by atoms with E-state index in [4.69, 9.17) is 11.6 Å². The number of nitrogens with one attached hydrogen (secondary N) is 1. The fourth-order valence-corrected chi connectivity index (χ4v) is 5.47. The maximum atomic E-state index is 14.1. The molecule has 0 spiro atoms. The molecule has 4 rings (SSSR count). The van der Waals surface area contributed by atoms with Crippen LogP contribution in [0.25, 0.3) is 0 Å². The number of carbonyl (C=O) groups is 2. The molecule has 4 nitrogen and oxygen atoms in total. The van der Waals surface area contributed by atoms with Crippen LogP contribution < -0.4 is 5.32 Å². The summed E-state index contributed by atoms with van der Waals surface area (Å²) in [5, 5.41) is 3.91. The predicted octanol–water partition coefficient (Wildman–Crippen LogP) is 7.12. The molecular weight excluding hydrogens is 480 g/mol. The van der Waals surface area contributed by atoms with Crippen molar-refractivity contribution in [3.63, 3.8) is 0 Å². The van der Waals surface area contributed by atoms with E-state index in [1.807, 2.05) is 67.6 Å². The highest BCUT2D eigenvalue weighted by atomic mass is 35.5. The summed E-state index contributed by atoms with van der Waals surface area (Å²) in [5.41, 5.74) is 3.14. The molecule has 0 aromatic heterocycles. The molecule has 0 heterocycles. The molecule has 3 aromatic carbocycles. The number of amides is 2. The van der Waals surface area contributed by atoms with E-state index in [0.717, 1.165) is 42.4 Å². The van der Waals surface area contributed by atoms with Gasteiger partial charge in [0.2, 0.25) is 11.8 Å². The molecule has 3 aromatic rings. The van der Waals surface area contributed by atoms with Gasteiger partial charge < -0.3 is 10.2 Å². The molecule has 1 saturated carbocycles. The third kappa shape index (κ3) is 7.45. The van der Waals surface area contributed by atoms with Gasteiger partial charge in [-0.3, -0.25) is 9.59 Å². The van der Waals surface area contributed by atoms with Crippen molar-refractivity contribution in [1.82, 2.24) is 10.2 Å². The average molecular weight is 517 g/mol. The summed E-state index contributed by atoms with van der Waals surface area (Å²) in [6.07, 6.45) is 6.38. The van der Waals surface area contributed by atoms with Gasteiger partial charge in [-0.1, -0.05) is 111 Å². The third-order valence-electron chi connectivity index (χ3n) is 7.39. The molecule has 1 N–H and O–H groups in total. The second kappa shape index (κ2) is 13.4. The number of benzene rings is 3. The number of carbonyl (C=O) groups excluding carboxylic acids is 2. The smallest absolute Gasteiger partial charge is 0.243 e. The Morgan fingerprint density at radius 2 is 1.43 bits per heavy atom. The van der Waals surface area contributed by atoms with Crippen LogP contribution >= 0.6 is 11.6 Å². The number of halogens is 1. The van der Waals surface area contributed by atoms with Crippen LogP contribution in [0.5, 0.6) is 0 Å². The quantitative estimate of drug-likeness (QED) is 0.312. The van der Waals surface area contributed by atoms with Gasteiger partial charge in [-0.2, -0.15) is 0 Å². The van der Waals surface area contributed by atoms with Crippen LogP contribution in [0.4, 0.5) is 0 Å². The average Bonchev–Trinajstić information content (AvgIpc) is 2.94. The molecule has 0 bridgehead atoms. The molecule has 5 heteroatoms. The third-order valence-corrected chi connectivity index (χ3v) is 7.64. The first kappa shape index (κ1) is 26.9. The van der Waals surface area contributed by atoms with E-state index in [9.17, 15) is 9.59 Å². The van der Waals surface area contributed by atoms with Crippen LogP contribution in [0.15, 0.2) is 84.9 Å². The van der Waals surface area contributed by atoms with Crippen molar-refractivity contribution in [3.8, 4) is 0 Å². The zero-order valence-corrected chi connectivity index (χ0v) is 22.4. The first-order chi connectivity index (χ1) is 18.0. The summed E-state index contributed by atoms with van der Waals surface area (Å²) in [7, 11) is 0. The minimum atomic E-state index is -0.530. The lowest BCUT2D eigenvalue weighted by molar-refractivity contribution is -0.142. The van der Waals surface area contributed by atoms with Crippen molar-refractivity contribution < 1.29 is 9.59 Å². The Bertz CT molecular complexity index is 1090. The van der Waals surface area contributed by atoms with Crippen LogP contribution in [0.1, 0.15) is 74.5 Å². The van der Waals surface area contributed by atoms with Gasteiger partial charge in [0.15, 0.2) is 0 Å². The molecule has 37 heavy (non-hydrogen) atoms. The standard InChI is InChI=1S/C32H37ClN2O2/c1-2-30(32(37)34-28-16-10-5-11-17-28)35(23-24-18-20-27(33)21-19-24)31(36)22-29(25-12-6-3-7-13-25)26-14-8-4-9-15-26/h3-4,6-9,12-15,18-21,28-30H,2,5,10-11,16-17,22-23H2,1H3,(H,34,37)/t30-/m0/s1. The summed E-state index contributed by atoms with van der Waals surface area (Å²) in [6.45, 7) is 2.35. The molecule has 1 aliphatic rings. The fourth-order valence-electron chi connectivity index (χ4n) is 5.34. The lowest BCUT2D eigenvalue weighted by atomic mass is 9.88. The molecule has 2 amide bonds. The summed E-state index contributed by atoms with van der Waals surface area (Å²) < 4.78 is 0. The highest BCUT2D eigenvalue weighted by molar-refractivity contribution is 6.30. The van der Waals surface area contributed by atoms with Gasteiger partial charge in [0.05, 0.1) is 0 Å². The van der Waals surface area contributed by atoms with E-state index >= 15 is 0 Å². The zero-order chi connectivity index (χ0) is 26.0. The molecule has 0 saturated heterocycles. The second-order valence-corrected chi connectivity index (χ2v) is 10.4.